The van der Waals surface area contributed by atoms with Gasteiger partial charge in [0.15, 0.2) is 0 Å². The van der Waals surface area contributed by atoms with Crippen LogP contribution in [0.25, 0.3) is 0 Å². The van der Waals surface area contributed by atoms with Crippen LogP contribution >= 0.6 is 0 Å². The molecule has 0 saturated carbocycles. The number of hydrogen-bond acceptors (Lipinski definition) is 2. The molecule has 0 heterocycles. The molecule has 8 heavy (non-hydrogen) atoms. The Morgan fingerprint density at radius 1 is 1.12 bits per heavy atom. The molecule has 0 saturated heterocycles. The molecule has 0 atom stereocenters. The number of carbonyl (C=O) groups excluding carboxylic acids is 2. The SMILES string of the molecule is CC(=O)CC(C)=O.[Rb]. The summed E-state index contributed by atoms with van der Waals surface area (Å²) in [5.74, 6) is -0.125. The summed E-state index contributed by atoms with van der Waals surface area (Å²) in [6.07, 6.45) is 0.0833. The van der Waals surface area contributed by atoms with Crippen molar-refractivity contribution in [1.29, 1.82) is 0 Å². The number of ketones is 2. The van der Waals surface area contributed by atoms with E-state index in [2.05, 4.69) is 0 Å². The summed E-state index contributed by atoms with van der Waals surface area (Å²) < 4.78 is 0. The van der Waals surface area contributed by atoms with Gasteiger partial charge in [-0.25, -0.2) is 0 Å². The molecule has 0 aliphatic heterocycles. The molecule has 0 aromatic heterocycles. The Morgan fingerprint density at radius 3 is 1.38 bits per heavy atom. The van der Waals surface area contributed by atoms with E-state index in [1.54, 1.807) is 0 Å². The van der Waals surface area contributed by atoms with E-state index in [4.69, 9.17) is 0 Å². The summed E-state index contributed by atoms with van der Waals surface area (Å²) in [6.45, 7) is 2.81. The van der Waals surface area contributed by atoms with Gasteiger partial charge in [0.2, 0.25) is 0 Å². The van der Waals surface area contributed by atoms with Gasteiger partial charge in [0.05, 0.1) is 6.42 Å². The van der Waals surface area contributed by atoms with Crippen molar-refractivity contribution in [3.8, 4) is 0 Å². The fraction of sp³-hybridized carbons (Fsp3) is 0.600. The smallest absolute Gasteiger partial charge is 0.137 e. The van der Waals surface area contributed by atoms with Gasteiger partial charge < -0.3 is 0 Å². The van der Waals surface area contributed by atoms with Crippen LogP contribution in [-0.4, -0.2) is 69.8 Å². The van der Waals surface area contributed by atoms with Crippen molar-refractivity contribution in [1.82, 2.24) is 0 Å². The van der Waals surface area contributed by atoms with Crippen LogP contribution < -0.4 is 0 Å². The third kappa shape index (κ3) is 10.2. The second-order valence-electron chi connectivity index (χ2n) is 1.58. The molecule has 1 radical (unpaired) electrons. The normalized spacial score (nSPS) is 7.25. The van der Waals surface area contributed by atoms with Crippen LogP contribution in [0.3, 0.4) is 0 Å². The van der Waals surface area contributed by atoms with Gasteiger partial charge in [0.25, 0.3) is 0 Å². The van der Waals surface area contributed by atoms with E-state index in [0.717, 1.165) is 0 Å². The Hall–Kier alpha value is 1.15. The van der Waals surface area contributed by atoms with E-state index in [0.29, 0.717) is 0 Å². The average molecular weight is 186 g/mol. The maximum absolute atomic E-state index is 10.0. The van der Waals surface area contributed by atoms with E-state index in [9.17, 15) is 9.59 Å². The van der Waals surface area contributed by atoms with Crippen molar-refractivity contribution in [3.05, 3.63) is 0 Å². The minimum Gasteiger partial charge on any atom is -0.300 e. The van der Waals surface area contributed by atoms with Gasteiger partial charge in [-0.1, -0.05) is 0 Å². The maximum Gasteiger partial charge on any atom is 0.137 e. The number of hydrogen-bond donors (Lipinski definition) is 0. The second-order valence-corrected chi connectivity index (χ2v) is 1.58. The number of carbonyl (C=O) groups is 2. The van der Waals surface area contributed by atoms with Crippen LogP contribution in [0.15, 0.2) is 0 Å². The molecule has 0 bridgehead atoms. The van der Waals surface area contributed by atoms with Gasteiger partial charge in [-0.3, -0.25) is 9.59 Å². The summed E-state index contributed by atoms with van der Waals surface area (Å²) in [4.78, 5) is 20.1. The first-order valence-electron chi connectivity index (χ1n) is 2.12. The van der Waals surface area contributed by atoms with Crippen molar-refractivity contribution in [2.24, 2.45) is 0 Å². The van der Waals surface area contributed by atoms with Crippen LogP contribution in [0.4, 0.5) is 0 Å². The summed E-state index contributed by atoms with van der Waals surface area (Å²) in [7, 11) is 0. The standard InChI is InChI=1S/C5H8O2.Rb/c1-4(6)3-5(2)7;/h3H2,1-2H3;. The fourth-order valence-electron chi connectivity index (χ4n) is 0.351. The molecule has 0 rings (SSSR count). The van der Waals surface area contributed by atoms with Gasteiger partial charge in [-0.2, -0.15) is 0 Å². The Balaban J connectivity index is 0. The molecule has 0 amide bonds. The van der Waals surface area contributed by atoms with Crippen LogP contribution in [0.1, 0.15) is 20.3 Å². The third-order valence-corrected chi connectivity index (χ3v) is 0.498. The quantitative estimate of drug-likeness (QED) is 0.575. The van der Waals surface area contributed by atoms with Crippen LogP contribution in [0, 0.1) is 0 Å². The minimum absolute atomic E-state index is 0. The number of rotatable bonds is 2. The van der Waals surface area contributed by atoms with Crippen LogP contribution in [-0.2, 0) is 9.59 Å². The van der Waals surface area contributed by atoms with Crippen molar-refractivity contribution >= 4 is 69.8 Å². The van der Waals surface area contributed by atoms with Crippen LogP contribution in [0.2, 0.25) is 0 Å². The van der Waals surface area contributed by atoms with Gasteiger partial charge >= 0.3 is 0 Å². The summed E-state index contributed by atoms with van der Waals surface area (Å²) in [5, 5.41) is 0. The molecule has 0 aliphatic carbocycles. The van der Waals surface area contributed by atoms with E-state index in [-0.39, 0.29) is 76.2 Å². The predicted molar refractivity (Wildman–Crippen MR) is 31.7 cm³/mol. The van der Waals surface area contributed by atoms with Crippen molar-refractivity contribution in [2.75, 3.05) is 0 Å². The summed E-state index contributed by atoms with van der Waals surface area (Å²) >= 11 is 0. The third-order valence-electron chi connectivity index (χ3n) is 0.498. The molecule has 0 aromatic rings. The largest absolute Gasteiger partial charge is 0.300 e. The maximum atomic E-state index is 10.0. The molecule has 0 aliphatic rings. The first kappa shape index (κ1) is 11.9. The molecule has 0 N–H and O–H groups in total. The summed E-state index contributed by atoms with van der Waals surface area (Å²) in [6, 6.07) is 0. The van der Waals surface area contributed by atoms with Gasteiger partial charge in [-0.05, 0) is 13.8 Å². The van der Waals surface area contributed by atoms with Crippen molar-refractivity contribution < 1.29 is 9.59 Å². The van der Waals surface area contributed by atoms with Crippen molar-refractivity contribution in [2.45, 2.75) is 20.3 Å². The first-order valence-corrected chi connectivity index (χ1v) is 2.12. The average Bonchev–Trinajstić information content (AvgIpc) is 1.27. The second kappa shape index (κ2) is 6.27. The van der Waals surface area contributed by atoms with Crippen LogP contribution in [0.5, 0.6) is 0 Å². The molecule has 0 aromatic carbocycles. The molecule has 2 nitrogen and oxygen atoms in total. The molecule has 0 unspecified atom stereocenters. The Morgan fingerprint density at radius 2 is 1.38 bits per heavy atom. The minimum atomic E-state index is -0.0625. The fourth-order valence-corrected chi connectivity index (χ4v) is 0.351. The Labute approximate surface area is 97.8 Å². The van der Waals surface area contributed by atoms with Gasteiger partial charge in [-0.15, -0.1) is 0 Å². The van der Waals surface area contributed by atoms with E-state index < -0.39 is 0 Å². The molecular formula is C5H8O2Rb. The molecular weight excluding hydrogens is 178 g/mol. The Kier molecular flexibility index (Phi) is 9.31. The zero-order chi connectivity index (χ0) is 5.86. The zero-order valence-electron chi connectivity index (χ0n) is 5.52. The van der Waals surface area contributed by atoms with Gasteiger partial charge in [0.1, 0.15) is 11.6 Å². The predicted octanol–water partition coefficient (Wildman–Crippen LogP) is 0.174. The molecule has 3 heteroatoms. The summed E-state index contributed by atoms with van der Waals surface area (Å²) in [5.41, 5.74) is 0. The van der Waals surface area contributed by atoms with E-state index in [1.165, 1.54) is 13.8 Å². The van der Waals surface area contributed by atoms with Crippen molar-refractivity contribution in [3.63, 3.8) is 0 Å². The monoisotopic (exact) mass is 185 g/mol. The number of Topliss-reactive ketones (excluding diaryl/α,β-unsaturated/α-hetero) is 2. The Bertz CT molecular complexity index is 86.6. The van der Waals surface area contributed by atoms with E-state index in [1.807, 2.05) is 0 Å². The zero-order valence-corrected chi connectivity index (χ0v) is 10.4. The molecule has 0 fully saturated rings. The molecule has 41 valence electrons. The molecule has 0 spiro atoms. The first-order chi connectivity index (χ1) is 3.13. The topological polar surface area (TPSA) is 34.1 Å². The van der Waals surface area contributed by atoms with E-state index >= 15 is 0 Å². The van der Waals surface area contributed by atoms with Gasteiger partial charge in [0, 0.05) is 58.2 Å².